The highest BCUT2D eigenvalue weighted by atomic mass is 15.0. The van der Waals surface area contributed by atoms with Gasteiger partial charge >= 0.3 is 0 Å². The highest BCUT2D eigenvalue weighted by molar-refractivity contribution is 5.29. The fourth-order valence-electron chi connectivity index (χ4n) is 2.57. The molecule has 2 fully saturated rings. The summed E-state index contributed by atoms with van der Waals surface area (Å²) in [5.74, 6) is 0.874. The summed E-state index contributed by atoms with van der Waals surface area (Å²) in [5.41, 5.74) is 3.44. The Hall–Kier alpha value is -0.820. The molecule has 0 atom stereocenters. The van der Waals surface area contributed by atoms with E-state index in [1.54, 1.807) is 5.56 Å². The molecule has 2 aliphatic carbocycles. The van der Waals surface area contributed by atoms with Crippen LogP contribution in [0.5, 0.6) is 0 Å². The van der Waals surface area contributed by atoms with E-state index in [0.717, 1.165) is 12.5 Å². The van der Waals surface area contributed by atoms with Crippen molar-refractivity contribution in [2.24, 2.45) is 0 Å². The van der Waals surface area contributed by atoms with Crippen molar-refractivity contribution < 1.29 is 0 Å². The van der Waals surface area contributed by atoms with Crippen molar-refractivity contribution in [3.63, 3.8) is 0 Å². The zero-order valence-electron chi connectivity index (χ0n) is 10.1. The van der Waals surface area contributed by atoms with Crippen molar-refractivity contribution in [2.45, 2.75) is 57.0 Å². The lowest BCUT2D eigenvalue weighted by atomic mass is 9.78. The molecule has 0 aliphatic heterocycles. The van der Waals surface area contributed by atoms with Gasteiger partial charge < -0.3 is 5.32 Å². The SMILES string of the molecule is CC1(NCc2cccc(C3CC3)c2)CCC1. The molecule has 1 aromatic carbocycles. The Kier molecular flexibility index (Phi) is 2.51. The second-order valence-corrected chi connectivity index (χ2v) is 5.79. The summed E-state index contributed by atoms with van der Waals surface area (Å²) >= 11 is 0. The number of benzene rings is 1. The van der Waals surface area contributed by atoms with Crippen LogP contribution in [0, 0.1) is 0 Å². The first kappa shape index (κ1) is 10.3. The molecular weight excluding hydrogens is 194 g/mol. The van der Waals surface area contributed by atoms with Crippen molar-refractivity contribution in [1.82, 2.24) is 5.32 Å². The lowest BCUT2D eigenvalue weighted by Crippen LogP contribution is -2.47. The minimum Gasteiger partial charge on any atom is -0.307 e. The molecule has 2 aliphatic rings. The lowest BCUT2D eigenvalue weighted by Gasteiger charge is -2.39. The molecule has 0 unspecified atom stereocenters. The van der Waals surface area contributed by atoms with E-state index >= 15 is 0 Å². The summed E-state index contributed by atoms with van der Waals surface area (Å²) in [4.78, 5) is 0. The molecule has 16 heavy (non-hydrogen) atoms. The number of hydrogen-bond donors (Lipinski definition) is 1. The summed E-state index contributed by atoms with van der Waals surface area (Å²) < 4.78 is 0. The second kappa shape index (κ2) is 3.89. The van der Waals surface area contributed by atoms with Gasteiger partial charge in [0, 0.05) is 12.1 Å². The van der Waals surface area contributed by atoms with Crippen molar-refractivity contribution in [2.75, 3.05) is 0 Å². The molecule has 1 heteroatoms. The van der Waals surface area contributed by atoms with Crippen LogP contribution in [-0.4, -0.2) is 5.54 Å². The largest absolute Gasteiger partial charge is 0.307 e. The first-order valence-electron chi connectivity index (χ1n) is 6.59. The van der Waals surface area contributed by atoms with Crippen LogP contribution in [0.4, 0.5) is 0 Å². The quantitative estimate of drug-likeness (QED) is 0.809. The minimum atomic E-state index is 0.426. The maximum atomic E-state index is 3.70. The van der Waals surface area contributed by atoms with Crippen LogP contribution < -0.4 is 5.32 Å². The molecule has 0 heterocycles. The third-order valence-electron chi connectivity index (χ3n) is 4.18. The first-order valence-corrected chi connectivity index (χ1v) is 6.59. The van der Waals surface area contributed by atoms with Gasteiger partial charge in [-0.05, 0) is 56.1 Å². The number of rotatable bonds is 4. The third kappa shape index (κ3) is 2.15. The van der Waals surface area contributed by atoms with Gasteiger partial charge in [-0.25, -0.2) is 0 Å². The maximum Gasteiger partial charge on any atom is 0.0210 e. The Bertz CT molecular complexity index is 375. The molecule has 1 aromatic rings. The summed E-state index contributed by atoms with van der Waals surface area (Å²) in [7, 11) is 0. The monoisotopic (exact) mass is 215 g/mol. The molecule has 0 amide bonds. The van der Waals surface area contributed by atoms with Crippen LogP contribution >= 0.6 is 0 Å². The Morgan fingerprint density at radius 1 is 1.31 bits per heavy atom. The van der Waals surface area contributed by atoms with E-state index in [2.05, 4.69) is 36.5 Å². The van der Waals surface area contributed by atoms with Crippen LogP contribution in [0.1, 0.15) is 56.1 Å². The maximum absolute atomic E-state index is 3.70. The fourth-order valence-corrected chi connectivity index (χ4v) is 2.57. The van der Waals surface area contributed by atoms with Gasteiger partial charge in [0.15, 0.2) is 0 Å². The van der Waals surface area contributed by atoms with E-state index in [0.29, 0.717) is 5.54 Å². The van der Waals surface area contributed by atoms with Gasteiger partial charge in [0.05, 0.1) is 0 Å². The number of hydrogen-bond acceptors (Lipinski definition) is 1. The molecule has 0 radical (unpaired) electrons. The van der Waals surface area contributed by atoms with Crippen molar-refractivity contribution in [3.05, 3.63) is 35.4 Å². The summed E-state index contributed by atoms with van der Waals surface area (Å²) in [6.45, 7) is 3.39. The normalized spacial score (nSPS) is 22.8. The molecule has 2 saturated carbocycles. The first-order chi connectivity index (χ1) is 7.75. The van der Waals surface area contributed by atoms with E-state index in [9.17, 15) is 0 Å². The summed E-state index contributed by atoms with van der Waals surface area (Å²) in [6.07, 6.45) is 6.87. The van der Waals surface area contributed by atoms with Crippen molar-refractivity contribution in [1.29, 1.82) is 0 Å². The Morgan fingerprint density at radius 2 is 2.12 bits per heavy atom. The molecular formula is C15H21N. The molecule has 0 bridgehead atoms. The highest BCUT2D eigenvalue weighted by Crippen LogP contribution is 2.40. The fraction of sp³-hybridized carbons (Fsp3) is 0.600. The van der Waals surface area contributed by atoms with Crippen LogP contribution in [0.3, 0.4) is 0 Å². The summed E-state index contributed by atoms with van der Waals surface area (Å²) in [5, 5.41) is 3.70. The zero-order valence-corrected chi connectivity index (χ0v) is 10.1. The van der Waals surface area contributed by atoms with Gasteiger partial charge in [-0.2, -0.15) is 0 Å². The molecule has 3 rings (SSSR count). The van der Waals surface area contributed by atoms with E-state index in [1.165, 1.54) is 37.7 Å². The van der Waals surface area contributed by atoms with Gasteiger partial charge in [0.25, 0.3) is 0 Å². The molecule has 1 N–H and O–H groups in total. The van der Waals surface area contributed by atoms with Crippen LogP contribution in [0.25, 0.3) is 0 Å². The standard InChI is InChI=1S/C15H21N/c1-15(8-3-9-15)16-11-12-4-2-5-14(10-12)13-6-7-13/h2,4-5,10,13,16H,3,6-9,11H2,1H3. The molecule has 1 nitrogen and oxygen atoms in total. The van der Waals surface area contributed by atoms with Gasteiger partial charge in [0.2, 0.25) is 0 Å². The third-order valence-corrected chi connectivity index (χ3v) is 4.18. The second-order valence-electron chi connectivity index (χ2n) is 5.79. The zero-order chi connectivity index (χ0) is 11.0. The van der Waals surface area contributed by atoms with Crippen LogP contribution in [-0.2, 0) is 6.54 Å². The Labute approximate surface area is 98.3 Å². The van der Waals surface area contributed by atoms with Crippen molar-refractivity contribution >= 4 is 0 Å². The lowest BCUT2D eigenvalue weighted by molar-refractivity contribution is 0.207. The predicted octanol–water partition coefficient (Wildman–Crippen LogP) is 3.60. The Morgan fingerprint density at radius 3 is 2.75 bits per heavy atom. The van der Waals surface area contributed by atoms with E-state index < -0.39 is 0 Å². The Balaban J connectivity index is 1.62. The molecule has 0 aromatic heterocycles. The molecule has 0 saturated heterocycles. The van der Waals surface area contributed by atoms with Gasteiger partial charge in [-0.1, -0.05) is 24.3 Å². The van der Waals surface area contributed by atoms with E-state index in [4.69, 9.17) is 0 Å². The minimum absolute atomic E-state index is 0.426. The van der Waals surface area contributed by atoms with Crippen LogP contribution in [0.15, 0.2) is 24.3 Å². The average Bonchev–Trinajstić information content (AvgIpc) is 3.08. The molecule has 0 spiro atoms. The topological polar surface area (TPSA) is 12.0 Å². The molecule has 86 valence electrons. The van der Waals surface area contributed by atoms with E-state index in [1.807, 2.05) is 0 Å². The summed E-state index contributed by atoms with van der Waals surface area (Å²) in [6, 6.07) is 9.15. The average molecular weight is 215 g/mol. The predicted molar refractivity (Wildman–Crippen MR) is 67.5 cm³/mol. The number of nitrogens with one attached hydrogen (secondary N) is 1. The van der Waals surface area contributed by atoms with Gasteiger partial charge in [-0.15, -0.1) is 0 Å². The highest BCUT2D eigenvalue weighted by Gasteiger charge is 2.30. The smallest absolute Gasteiger partial charge is 0.0210 e. The van der Waals surface area contributed by atoms with Crippen LogP contribution in [0.2, 0.25) is 0 Å². The van der Waals surface area contributed by atoms with Gasteiger partial charge in [-0.3, -0.25) is 0 Å². The van der Waals surface area contributed by atoms with Gasteiger partial charge in [0.1, 0.15) is 0 Å². The van der Waals surface area contributed by atoms with Crippen molar-refractivity contribution in [3.8, 4) is 0 Å². The van der Waals surface area contributed by atoms with E-state index in [-0.39, 0.29) is 0 Å².